The van der Waals surface area contributed by atoms with E-state index in [1.54, 1.807) is 13.8 Å². The lowest BCUT2D eigenvalue weighted by Crippen LogP contribution is -2.62. The van der Waals surface area contributed by atoms with Crippen molar-refractivity contribution in [2.45, 2.75) is 131 Å². The number of hydrogen-bond donors (Lipinski definition) is 5. The van der Waals surface area contributed by atoms with E-state index in [1.165, 1.54) is 40.0 Å². The molecular formula is C37H52N8O9S. The fraction of sp³-hybridized carbons (Fsp3) is 0.649. The summed E-state index contributed by atoms with van der Waals surface area (Å²) in [6.07, 6.45) is 8.53. The van der Waals surface area contributed by atoms with Gasteiger partial charge in [-0.05, 0) is 76.1 Å². The number of rotatable bonds is 14. The van der Waals surface area contributed by atoms with Crippen molar-refractivity contribution in [1.29, 1.82) is 0 Å². The van der Waals surface area contributed by atoms with Gasteiger partial charge in [-0.2, -0.15) is 0 Å². The first kappa shape index (κ1) is 40.4. The van der Waals surface area contributed by atoms with E-state index in [9.17, 15) is 37.5 Å². The average Bonchev–Trinajstić information content (AvgIpc) is 3.68. The minimum atomic E-state index is -3.75. The first-order valence-corrected chi connectivity index (χ1v) is 20.7. The summed E-state index contributed by atoms with van der Waals surface area (Å²) >= 11 is 0. The van der Waals surface area contributed by atoms with Gasteiger partial charge in [0.05, 0.1) is 22.8 Å². The molecule has 2 aliphatic carbocycles. The Hall–Kier alpha value is -4.26. The fourth-order valence-electron chi connectivity index (χ4n) is 8.04. The Morgan fingerprint density at radius 1 is 1.02 bits per heavy atom. The predicted octanol–water partition coefficient (Wildman–Crippen LogP) is 0.967. The Bertz CT molecular complexity index is 1860. The zero-order chi connectivity index (χ0) is 39.5. The molecule has 4 atom stereocenters. The topological polar surface area (TPSA) is 245 Å². The maximum absolute atomic E-state index is 14.8. The van der Waals surface area contributed by atoms with Crippen LogP contribution < -0.4 is 21.1 Å². The Kier molecular flexibility index (Phi) is 12.1. The molecule has 1 aromatic heterocycles. The van der Waals surface area contributed by atoms with Crippen molar-refractivity contribution in [3.05, 3.63) is 41.7 Å². The van der Waals surface area contributed by atoms with Crippen molar-refractivity contribution in [3.8, 4) is 0 Å². The summed E-state index contributed by atoms with van der Waals surface area (Å²) in [5, 5.41) is 24.8. The predicted molar refractivity (Wildman–Crippen MR) is 196 cm³/mol. The number of nitrogens with two attached hydrogens (primary N) is 1. The standard InChI is InChI=1S/C37H52N8O9S/c1-36(2,51)30-21-39-43-45(30)26-20-29(34(49)41-37(31(46)32(38)47)15-6-17-54-18-16-37)44(22-26)35(50)28(19-23-7-4-3-5-8-23)40-33(48)24-9-13-27(14-10-24)55(52,53)42-25-11-12-25/h9-10,13-14,21,23,25-26,28-29,42,51H,3-8,11-12,15-20,22H2,1-2H3,(H2,38,47)(H,40,48)(H,41,49)/t26-,28+,29-,37?/m0/s1. The van der Waals surface area contributed by atoms with Gasteiger partial charge in [-0.25, -0.2) is 17.8 Å². The van der Waals surface area contributed by atoms with Gasteiger partial charge in [0, 0.05) is 44.2 Å². The van der Waals surface area contributed by atoms with Crippen LogP contribution >= 0.6 is 0 Å². The molecule has 18 heteroatoms. The average molecular weight is 785 g/mol. The lowest BCUT2D eigenvalue weighted by molar-refractivity contribution is -0.145. The van der Waals surface area contributed by atoms with Gasteiger partial charge in [0.25, 0.3) is 11.8 Å². The van der Waals surface area contributed by atoms with Crippen LogP contribution in [0, 0.1) is 5.92 Å². The van der Waals surface area contributed by atoms with Crippen molar-refractivity contribution < 1.29 is 42.2 Å². The summed E-state index contributed by atoms with van der Waals surface area (Å²) in [6.45, 7) is 3.52. The van der Waals surface area contributed by atoms with Gasteiger partial charge < -0.3 is 31.1 Å². The number of carbonyl (C=O) groups is 5. The van der Waals surface area contributed by atoms with Gasteiger partial charge in [-0.15, -0.1) is 5.10 Å². The first-order valence-electron chi connectivity index (χ1n) is 19.2. The van der Waals surface area contributed by atoms with Crippen LogP contribution in [0.15, 0.2) is 35.4 Å². The van der Waals surface area contributed by atoms with Gasteiger partial charge in [-0.1, -0.05) is 37.3 Å². The first-order chi connectivity index (χ1) is 26.1. The highest BCUT2D eigenvalue weighted by atomic mass is 32.2. The highest BCUT2D eigenvalue weighted by molar-refractivity contribution is 7.89. The summed E-state index contributed by atoms with van der Waals surface area (Å²) in [4.78, 5) is 70.0. The number of ether oxygens (including phenoxy) is 1. The van der Waals surface area contributed by atoms with Crippen LogP contribution in [0.3, 0.4) is 0 Å². The number of hydrogen-bond acceptors (Lipinski definition) is 11. The number of primary amides is 1. The number of nitrogens with zero attached hydrogens (tertiary/aromatic N) is 4. The minimum absolute atomic E-state index is 0.00757. The Morgan fingerprint density at radius 2 is 1.73 bits per heavy atom. The van der Waals surface area contributed by atoms with Crippen molar-refractivity contribution in [1.82, 2.24) is 35.2 Å². The molecule has 2 saturated heterocycles. The summed E-state index contributed by atoms with van der Waals surface area (Å²) < 4.78 is 35.1. The third-order valence-electron chi connectivity index (χ3n) is 11.2. The Morgan fingerprint density at radius 3 is 2.38 bits per heavy atom. The number of amides is 4. The molecule has 1 unspecified atom stereocenters. The monoisotopic (exact) mass is 784 g/mol. The maximum Gasteiger partial charge on any atom is 0.287 e. The van der Waals surface area contributed by atoms with E-state index >= 15 is 0 Å². The molecule has 4 aliphatic rings. The fourth-order valence-corrected chi connectivity index (χ4v) is 9.35. The molecule has 300 valence electrons. The lowest BCUT2D eigenvalue weighted by Gasteiger charge is -2.35. The number of nitrogens with one attached hydrogen (secondary N) is 3. The molecule has 2 saturated carbocycles. The lowest BCUT2D eigenvalue weighted by atomic mass is 9.84. The van der Waals surface area contributed by atoms with Crippen LogP contribution in [-0.2, 0) is 39.5 Å². The molecule has 2 aliphatic heterocycles. The SMILES string of the molecule is CC(C)(O)c1cnnn1[C@H]1C[C@@H](C(=O)NC2(C(=O)C(N)=O)CCCOCC2)N(C(=O)[C@@H](CC2CCCCC2)NC(=O)c2ccc(S(=O)(=O)NC3CC3)cc2)C1. The summed E-state index contributed by atoms with van der Waals surface area (Å²) in [6, 6.07) is 2.54. The largest absolute Gasteiger partial charge is 0.384 e. The maximum atomic E-state index is 14.8. The third kappa shape index (κ3) is 9.41. The van der Waals surface area contributed by atoms with Crippen LogP contribution in [-0.4, -0.2) is 106 Å². The van der Waals surface area contributed by atoms with Crippen LogP contribution in [0.4, 0.5) is 0 Å². The van der Waals surface area contributed by atoms with E-state index < -0.39 is 68.7 Å². The van der Waals surface area contributed by atoms with Gasteiger partial charge >= 0.3 is 0 Å². The minimum Gasteiger partial charge on any atom is -0.384 e. The number of sulfonamides is 1. The van der Waals surface area contributed by atoms with E-state index in [-0.39, 0.29) is 54.8 Å². The summed E-state index contributed by atoms with van der Waals surface area (Å²) in [7, 11) is -3.75. The highest BCUT2D eigenvalue weighted by Gasteiger charge is 2.49. The van der Waals surface area contributed by atoms with Crippen molar-refractivity contribution in [2.24, 2.45) is 11.7 Å². The van der Waals surface area contributed by atoms with E-state index in [2.05, 4.69) is 25.7 Å². The molecule has 0 bridgehead atoms. The van der Waals surface area contributed by atoms with Crippen molar-refractivity contribution >= 4 is 39.4 Å². The quantitative estimate of drug-likeness (QED) is 0.169. The van der Waals surface area contributed by atoms with E-state index in [0.29, 0.717) is 25.1 Å². The van der Waals surface area contributed by atoms with Crippen LogP contribution in [0.25, 0.3) is 0 Å². The Balaban J connectivity index is 1.30. The highest BCUT2D eigenvalue weighted by Crippen LogP contribution is 2.34. The molecular weight excluding hydrogens is 733 g/mol. The van der Waals surface area contributed by atoms with Gasteiger partial charge in [0.15, 0.2) is 0 Å². The van der Waals surface area contributed by atoms with E-state index in [0.717, 1.165) is 44.9 Å². The van der Waals surface area contributed by atoms with Crippen molar-refractivity contribution in [3.63, 3.8) is 0 Å². The molecule has 2 aromatic rings. The molecule has 4 amide bonds. The molecule has 55 heavy (non-hydrogen) atoms. The number of benzene rings is 1. The Labute approximate surface area is 320 Å². The second-order valence-corrected chi connectivity index (χ2v) is 17.6. The van der Waals surface area contributed by atoms with Crippen LogP contribution in [0.2, 0.25) is 0 Å². The number of likely N-dealkylation sites (tertiary alicyclic amines) is 1. The molecule has 17 nitrogen and oxygen atoms in total. The normalized spacial score (nSPS) is 24.5. The number of aliphatic hydroxyl groups is 1. The number of aromatic nitrogens is 3. The van der Waals surface area contributed by atoms with Crippen LogP contribution in [0.1, 0.15) is 113 Å². The summed E-state index contributed by atoms with van der Waals surface area (Å²) in [5.41, 5.74) is 2.97. The molecule has 0 spiro atoms. The molecule has 6 N–H and O–H groups in total. The van der Waals surface area contributed by atoms with E-state index in [4.69, 9.17) is 10.5 Å². The van der Waals surface area contributed by atoms with Gasteiger partial charge in [0.2, 0.25) is 27.6 Å². The van der Waals surface area contributed by atoms with Gasteiger partial charge in [0.1, 0.15) is 23.2 Å². The molecule has 6 rings (SSSR count). The zero-order valence-corrected chi connectivity index (χ0v) is 32.2. The number of carbonyl (C=O) groups excluding carboxylic acids is 5. The van der Waals surface area contributed by atoms with Gasteiger partial charge in [-0.3, -0.25) is 24.0 Å². The van der Waals surface area contributed by atoms with E-state index in [1.807, 2.05) is 0 Å². The number of Topliss-reactive ketones (excluding diaryl/α,β-unsaturated/α-hetero) is 1. The molecule has 1 aromatic carbocycles. The zero-order valence-electron chi connectivity index (χ0n) is 31.4. The summed E-state index contributed by atoms with van der Waals surface area (Å²) in [5.74, 6) is -3.83. The molecule has 3 heterocycles. The molecule has 4 fully saturated rings. The molecule has 0 radical (unpaired) electrons. The number of ketones is 1. The second kappa shape index (κ2) is 16.5. The van der Waals surface area contributed by atoms with Crippen molar-refractivity contribution in [2.75, 3.05) is 19.8 Å². The van der Waals surface area contributed by atoms with Crippen LogP contribution in [0.5, 0.6) is 0 Å². The smallest absolute Gasteiger partial charge is 0.287 e. The second-order valence-electron chi connectivity index (χ2n) is 15.9. The third-order valence-corrected chi connectivity index (χ3v) is 12.8.